The van der Waals surface area contributed by atoms with Crippen LogP contribution in [0.1, 0.15) is 0 Å². The van der Waals surface area contributed by atoms with Gasteiger partial charge in [0.2, 0.25) is 10.0 Å². The molecule has 2 aromatic carbocycles. The Morgan fingerprint density at radius 1 is 0.968 bits per heavy atom. The molecule has 14 heteroatoms. The van der Waals surface area contributed by atoms with Crippen molar-refractivity contribution in [1.82, 2.24) is 4.31 Å². The number of amides is 2. The molecular weight excluding hydrogens is 513 g/mol. The minimum absolute atomic E-state index is 0.1000. The Morgan fingerprint density at radius 2 is 1.58 bits per heavy atom. The number of anilines is 2. The van der Waals surface area contributed by atoms with Crippen LogP contribution < -0.4 is 10.6 Å². The van der Waals surface area contributed by atoms with Crippen molar-refractivity contribution < 1.29 is 26.7 Å². The Morgan fingerprint density at radius 3 is 2.23 bits per heavy atom. The lowest BCUT2D eigenvalue weighted by molar-refractivity contribution is 0.262. The number of halogens is 3. The number of phenols is 1. The predicted molar refractivity (Wildman–Crippen MR) is 120 cm³/mol. The van der Waals surface area contributed by atoms with E-state index in [1.165, 1.54) is 24.3 Å². The van der Waals surface area contributed by atoms with Crippen LogP contribution in [0.4, 0.5) is 16.2 Å². The van der Waals surface area contributed by atoms with Crippen molar-refractivity contribution in [1.29, 1.82) is 0 Å². The molecule has 0 unspecified atom stereocenters. The number of benzene rings is 2. The number of sulfonamides is 1. The van der Waals surface area contributed by atoms with Gasteiger partial charge in [0.1, 0.15) is 4.90 Å². The first-order chi connectivity index (χ1) is 14.4. The van der Waals surface area contributed by atoms with Crippen LogP contribution in [0.3, 0.4) is 0 Å². The third-order valence-corrected chi connectivity index (χ3v) is 9.26. The molecule has 1 aliphatic rings. The van der Waals surface area contributed by atoms with Gasteiger partial charge in [-0.15, -0.1) is 0 Å². The molecule has 0 atom stereocenters. The van der Waals surface area contributed by atoms with Gasteiger partial charge in [-0.05, 0) is 24.3 Å². The topological polar surface area (TPSA) is 133 Å². The molecule has 3 N–H and O–H groups in total. The minimum Gasteiger partial charge on any atom is -0.504 e. The van der Waals surface area contributed by atoms with E-state index < -0.39 is 36.5 Å². The van der Waals surface area contributed by atoms with Gasteiger partial charge in [-0.1, -0.05) is 40.9 Å². The number of aromatic hydroxyl groups is 1. The largest absolute Gasteiger partial charge is 0.504 e. The number of carbonyl (C=O) groups is 1. The lowest BCUT2D eigenvalue weighted by Gasteiger charge is -2.27. The Kier molecular flexibility index (Phi) is 6.94. The second-order valence-electron chi connectivity index (χ2n) is 6.51. The van der Waals surface area contributed by atoms with Crippen molar-refractivity contribution in [2.24, 2.45) is 0 Å². The maximum atomic E-state index is 13.0. The van der Waals surface area contributed by atoms with Crippen LogP contribution >= 0.6 is 34.8 Å². The van der Waals surface area contributed by atoms with E-state index in [9.17, 15) is 26.7 Å². The van der Waals surface area contributed by atoms with Gasteiger partial charge in [-0.25, -0.2) is 21.6 Å². The van der Waals surface area contributed by atoms with Gasteiger partial charge in [-0.3, -0.25) is 0 Å². The summed E-state index contributed by atoms with van der Waals surface area (Å²) in [5.41, 5.74) is -0.0363. The van der Waals surface area contributed by atoms with E-state index in [0.29, 0.717) is 0 Å². The summed E-state index contributed by atoms with van der Waals surface area (Å²) < 4.78 is 50.1. The summed E-state index contributed by atoms with van der Waals surface area (Å²) in [6, 6.07) is 6.17. The minimum atomic E-state index is -4.33. The van der Waals surface area contributed by atoms with Gasteiger partial charge in [0.05, 0.1) is 37.9 Å². The second kappa shape index (κ2) is 9.00. The fourth-order valence-corrected chi connectivity index (χ4v) is 6.65. The van der Waals surface area contributed by atoms with Crippen molar-refractivity contribution in [2.75, 3.05) is 35.2 Å². The van der Waals surface area contributed by atoms with Gasteiger partial charge in [-0.2, -0.15) is 4.31 Å². The van der Waals surface area contributed by atoms with Crippen LogP contribution in [0.5, 0.6) is 5.75 Å². The molecular formula is C17H16Cl3N3O6S2. The van der Waals surface area contributed by atoms with Crippen LogP contribution in [0.2, 0.25) is 15.1 Å². The average molecular weight is 529 g/mol. The zero-order valence-electron chi connectivity index (χ0n) is 15.6. The molecule has 1 heterocycles. The molecule has 3 rings (SSSR count). The number of nitrogens with zero attached hydrogens (tertiary/aromatic N) is 1. The summed E-state index contributed by atoms with van der Waals surface area (Å²) >= 11 is 17.9. The van der Waals surface area contributed by atoms with Crippen molar-refractivity contribution >= 4 is 72.1 Å². The fourth-order valence-electron chi connectivity index (χ4n) is 2.83. The first-order valence-corrected chi connectivity index (χ1v) is 13.1. The highest BCUT2D eigenvalue weighted by Crippen LogP contribution is 2.39. The lowest BCUT2D eigenvalue weighted by Crippen LogP contribution is -2.43. The van der Waals surface area contributed by atoms with E-state index in [0.717, 1.165) is 4.31 Å². The average Bonchev–Trinajstić information content (AvgIpc) is 2.67. The number of phenolic OH excluding ortho intramolecular Hbond substituents is 1. The number of carbonyl (C=O) groups excluding carboxylic acids is 1. The summed E-state index contributed by atoms with van der Waals surface area (Å²) in [4.78, 5) is 11.7. The SMILES string of the molecule is O=C(Nc1ccc(Cl)c(S(=O)(=O)N2CCS(=O)(=O)CC2)c1O)Nc1cccc(Cl)c1Cl. The van der Waals surface area contributed by atoms with Crippen LogP contribution in [-0.4, -0.2) is 56.9 Å². The Balaban J connectivity index is 1.87. The highest BCUT2D eigenvalue weighted by molar-refractivity contribution is 7.92. The van der Waals surface area contributed by atoms with Gasteiger partial charge >= 0.3 is 6.03 Å². The smallest absolute Gasteiger partial charge is 0.323 e. The van der Waals surface area contributed by atoms with Crippen LogP contribution in [0.25, 0.3) is 0 Å². The third-order valence-electron chi connectivity index (χ3n) is 4.43. The van der Waals surface area contributed by atoms with Crippen molar-refractivity contribution in [2.45, 2.75) is 4.90 Å². The molecule has 0 spiro atoms. The highest BCUT2D eigenvalue weighted by atomic mass is 35.5. The predicted octanol–water partition coefficient (Wildman–Crippen LogP) is 3.42. The molecule has 0 aliphatic carbocycles. The Hall–Kier alpha value is -1.76. The summed E-state index contributed by atoms with van der Waals surface area (Å²) in [6.45, 7) is -0.544. The van der Waals surface area contributed by atoms with Crippen molar-refractivity contribution in [3.8, 4) is 5.75 Å². The number of rotatable bonds is 4. The van der Waals surface area contributed by atoms with E-state index in [1.807, 2.05) is 0 Å². The standard InChI is InChI=1S/C17H16Cl3N3O6S2/c18-10-2-1-3-12(14(10)20)21-17(25)22-13-5-4-11(19)16(15(13)24)31(28,29)23-6-8-30(26,27)9-7-23/h1-5,24H,6-9H2,(H2,21,22,25). The van der Waals surface area contributed by atoms with E-state index in [4.69, 9.17) is 34.8 Å². The molecule has 1 saturated heterocycles. The van der Waals surface area contributed by atoms with E-state index >= 15 is 0 Å². The van der Waals surface area contributed by atoms with Crippen LogP contribution in [0.15, 0.2) is 35.2 Å². The zero-order valence-corrected chi connectivity index (χ0v) is 19.5. The number of nitrogens with one attached hydrogen (secondary N) is 2. The Labute approximate surface area is 193 Å². The van der Waals surface area contributed by atoms with Crippen LogP contribution in [-0.2, 0) is 19.9 Å². The quantitative estimate of drug-likeness (QED) is 0.521. The van der Waals surface area contributed by atoms with E-state index in [-0.39, 0.29) is 51.0 Å². The number of hydrogen-bond acceptors (Lipinski definition) is 6. The number of urea groups is 1. The van der Waals surface area contributed by atoms with Gasteiger partial charge < -0.3 is 15.7 Å². The van der Waals surface area contributed by atoms with E-state index in [2.05, 4.69) is 10.6 Å². The monoisotopic (exact) mass is 527 g/mol. The fraction of sp³-hybridized carbons (Fsp3) is 0.235. The first kappa shape index (κ1) is 23.9. The van der Waals surface area contributed by atoms with Crippen LogP contribution in [0, 0.1) is 0 Å². The zero-order chi connectivity index (χ0) is 23.0. The summed E-state index contributed by atoms with van der Waals surface area (Å²) in [5, 5.41) is 15.3. The molecule has 0 saturated carbocycles. The summed E-state index contributed by atoms with van der Waals surface area (Å²) in [5.74, 6) is -1.47. The third kappa shape index (κ3) is 5.18. The molecule has 168 valence electrons. The summed E-state index contributed by atoms with van der Waals surface area (Å²) in [7, 11) is -7.65. The van der Waals surface area contributed by atoms with Crippen molar-refractivity contribution in [3.63, 3.8) is 0 Å². The second-order valence-corrected chi connectivity index (χ2v) is 11.9. The van der Waals surface area contributed by atoms with Gasteiger partial charge in [0, 0.05) is 13.1 Å². The normalized spacial score (nSPS) is 16.6. The van der Waals surface area contributed by atoms with Crippen molar-refractivity contribution in [3.05, 3.63) is 45.4 Å². The van der Waals surface area contributed by atoms with Gasteiger partial charge in [0.15, 0.2) is 15.6 Å². The maximum absolute atomic E-state index is 13.0. The molecule has 0 aromatic heterocycles. The molecule has 0 radical (unpaired) electrons. The van der Waals surface area contributed by atoms with E-state index in [1.54, 1.807) is 6.07 Å². The van der Waals surface area contributed by atoms with Gasteiger partial charge in [0.25, 0.3) is 0 Å². The maximum Gasteiger partial charge on any atom is 0.323 e. The number of hydrogen-bond donors (Lipinski definition) is 3. The Bertz CT molecular complexity index is 1240. The molecule has 2 amide bonds. The molecule has 1 aliphatic heterocycles. The molecule has 2 aromatic rings. The molecule has 9 nitrogen and oxygen atoms in total. The first-order valence-electron chi connectivity index (χ1n) is 8.66. The molecule has 31 heavy (non-hydrogen) atoms. The number of sulfone groups is 1. The molecule has 1 fully saturated rings. The highest BCUT2D eigenvalue weighted by Gasteiger charge is 2.35. The lowest BCUT2D eigenvalue weighted by atomic mass is 10.3. The summed E-state index contributed by atoms with van der Waals surface area (Å²) in [6.07, 6.45) is 0. The molecule has 0 bridgehead atoms.